The van der Waals surface area contributed by atoms with Gasteiger partial charge in [-0.2, -0.15) is 4.68 Å². The van der Waals surface area contributed by atoms with Gasteiger partial charge in [0.15, 0.2) is 0 Å². The second-order valence-electron chi connectivity index (χ2n) is 2.86. The molecular weight excluding hydrogens is 194 g/mol. The van der Waals surface area contributed by atoms with E-state index in [1.165, 1.54) is 4.68 Å². The van der Waals surface area contributed by atoms with Gasteiger partial charge in [0.25, 0.3) is 0 Å². The van der Waals surface area contributed by atoms with Gasteiger partial charge >= 0.3 is 0 Å². The molecule has 1 heterocycles. The number of para-hydroxylation sites is 1. The normalized spacial score (nSPS) is 10.9. The molecule has 0 unspecified atom stereocenters. The average Bonchev–Trinajstić information content (AvgIpc) is 2.63. The van der Waals surface area contributed by atoms with E-state index in [-0.39, 0.29) is 11.7 Å². The Morgan fingerprint density at radius 3 is 2.80 bits per heavy atom. The van der Waals surface area contributed by atoms with Crippen molar-refractivity contribution in [3.63, 3.8) is 0 Å². The Morgan fingerprint density at radius 2 is 2.13 bits per heavy atom. The Bertz CT molecular complexity index is 491. The van der Waals surface area contributed by atoms with Gasteiger partial charge in [-0.3, -0.25) is 0 Å². The number of tetrazole rings is 1. The van der Waals surface area contributed by atoms with Crippen LogP contribution in [0.3, 0.4) is 0 Å². The molecule has 0 aliphatic carbocycles. The molecule has 0 fully saturated rings. The largest absolute Gasteiger partial charge is 0.507 e. The van der Waals surface area contributed by atoms with Crippen LogP contribution in [0.2, 0.25) is 0 Å². The van der Waals surface area contributed by atoms with Gasteiger partial charge in [-0.15, -0.1) is 0 Å². The zero-order chi connectivity index (χ0) is 10.7. The summed E-state index contributed by atoms with van der Waals surface area (Å²) in [5, 5.41) is 20.0. The van der Waals surface area contributed by atoms with Gasteiger partial charge in [0.1, 0.15) is 5.75 Å². The monoisotopic (exact) mass is 203 g/mol. The van der Waals surface area contributed by atoms with E-state index in [2.05, 4.69) is 15.5 Å². The molecule has 3 N–H and O–H groups in total. The third-order valence-electron chi connectivity index (χ3n) is 1.85. The Balaban J connectivity index is 2.26. The van der Waals surface area contributed by atoms with Crippen LogP contribution in [-0.4, -0.2) is 25.3 Å². The van der Waals surface area contributed by atoms with E-state index in [9.17, 15) is 5.11 Å². The van der Waals surface area contributed by atoms with Crippen LogP contribution in [0.25, 0.3) is 12.3 Å². The predicted molar refractivity (Wildman–Crippen MR) is 55.6 cm³/mol. The van der Waals surface area contributed by atoms with E-state index in [0.717, 1.165) is 0 Å². The quantitative estimate of drug-likeness (QED) is 0.745. The molecule has 0 spiro atoms. The maximum Gasteiger partial charge on any atom is 0.244 e. The van der Waals surface area contributed by atoms with Gasteiger partial charge in [-0.05, 0) is 22.6 Å². The number of anilines is 1. The number of phenols is 1. The van der Waals surface area contributed by atoms with E-state index >= 15 is 0 Å². The smallest absolute Gasteiger partial charge is 0.244 e. The van der Waals surface area contributed by atoms with Crippen molar-refractivity contribution >= 4 is 18.2 Å². The summed E-state index contributed by atoms with van der Waals surface area (Å²) in [6.45, 7) is 0. The minimum absolute atomic E-state index is 0.195. The van der Waals surface area contributed by atoms with Crippen molar-refractivity contribution in [2.24, 2.45) is 0 Å². The summed E-state index contributed by atoms with van der Waals surface area (Å²) >= 11 is 0. The van der Waals surface area contributed by atoms with Crippen LogP contribution >= 0.6 is 0 Å². The standard InChI is InChI=1S/C9H9N5O/c10-9-11-12-13-14(9)6-5-7-3-1-2-4-8(7)15/h1-6,15H,(H2,10,11,13). The van der Waals surface area contributed by atoms with Gasteiger partial charge < -0.3 is 10.8 Å². The van der Waals surface area contributed by atoms with Crippen molar-refractivity contribution in [1.82, 2.24) is 20.2 Å². The lowest BCUT2D eigenvalue weighted by atomic mass is 10.2. The molecule has 0 aliphatic heterocycles. The fourth-order valence-corrected chi connectivity index (χ4v) is 1.09. The van der Waals surface area contributed by atoms with Crippen molar-refractivity contribution in [2.45, 2.75) is 0 Å². The van der Waals surface area contributed by atoms with Crippen LogP contribution in [0.1, 0.15) is 5.56 Å². The highest BCUT2D eigenvalue weighted by Crippen LogP contribution is 2.17. The van der Waals surface area contributed by atoms with E-state index in [1.54, 1.807) is 30.5 Å². The van der Waals surface area contributed by atoms with Crippen LogP contribution in [0, 0.1) is 0 Å². The Kier molecular flexibility index (Phi) is 2.32. The summed E-state index contributed by atoms with van der Waals surface area (Å²) in [4.78, 5) is 0. The predicted octanol–water partition coefficient (Wildman–Crippen LogP) is 0.589. The third kappa shape index (κ3) is 1.93. The zero-order valence-electron chi connectivity index (χ0n) is 7.78. The van der Waals surface area contributed by atoms with Crippen molar-refractivity contribution in [3.8, 4) is 5.75 Å². The molecule has 0 radical (unpaired) electrons. The van der Waals surface area contributed by atoms with Crippen LogP contribution in [0.4, 0.5) is 5.95 Å². The van der Waals surface area contributed by atoms with Crippen molar-refractivity contribution in [1.29, 1.82) is 0 Å². The summed E-state index contributed by atoms with van der Waals surface area (Å²) in [5.74, 6) is 0.391. The second kappa shape index (κ2) is 3.79. The highest BCUT2D eigenvalue weighted by molar-refractivity contribution is 5.65. The van der Waals surface area contributed by atoms with Crippen molar-refractivity contribution in [2.75, 3.05) is 5.73 Å². The molecule has 1 aromatic heterocycles. The molecule has 1 aromatic carbocycles. The number of aromatic nitrogens is 4. The first-order chi connectivity index (χ1) is 7.27. The van der Waals surface area contributed by atoms with Crippen LogP contribution in [-0.2, 0) is 0 Å². The SMILES string of the molecule is Nc1nnnn1C=Cc1ccccc1O. The summed E-state index contributed by atoms with van der Waals surface area (Å²) in [6.07, 6.45) is 3.24. The van der Waals surface area contributed by atoms with E-state index < -0.39 is 0 Å². The average molecular weight is 203 g/mol. The molecule has 2 rings (SSSR count). The molecule has 0 aliphatic rings. The van der Waals surface area contributed by atoms with Crippen molar-refractivity contribution < 1.29 is 5.11 Å². The molecule has 0 bridgehead atoms. The topological polar surface area (TPSA) is 89.9 Å². The maximum absolute atomic E-state index is 9.47. The first-order valence-corrected chi connectivity index (χ1v) is 4.27. The number of nitrogens with two attached hydrogens (primary N) is 1. The maximum atomic E-state index is 9.47. The zero-order valence-corrected chi connectivity index (χ0v) is 7.78. The minimum atomic E-state index is 0.195. The lowest BCUT2D eigenvalue weighted by molar-refractivity contribution is 0.474. The van der Waals surface area contributed by atoms with Gasteiger partial charge in [-0.1, -0.05) is 23.3 Å². The highest BCUT2D eigenvalue weighted by Gasteiger charge is 1.97. The van der Waals surface area contributed by atoms with Crippen LogP contribution in [0.5, 0.6) is 5.75 Å². The lowest BCUT2D eigenvalue weighted by Gasteiger charge is -1.97. The van der Waals surface area contributed by atoms with E-state index in [0.29, 0.717) is 5.56 Å². The Labute approximate surface area is 85.6 Å². The van der Waals surface area contributed by atoms with Crippen molar-refractivity contribution in [3.05, 3.63) is 29.8 Å². The fourth-order valence-electron chi connectivity index (χ4n) is 1.09. The summed E-state index contributed by atoms with van der Waals surface area (Å²) < 4.78 is 1.31. The summed E-state index contributed by atoms with van der Waals surface area (Å²) in [5.41, 5.74) is 6.13. The van der Waals surface area contributed by atoms with Gasteiger partial charge in [-0.25, -0.2) is 0 Å². The Hall–Kier alpha value is -2.37. The van der Waals surface area contributed by atoms with Crippen LogP contribution in [0.15, 0.2) is 24.3 Å². The molecule has 0 atom stereocenters. The van der Waals surface area contributed by atoms with Gasteiger partial charge in [0.2, 0.25) is 5.95 Å². The second-order valence-corrected chi connectivity index (χ2v) is 2.86. The summed E-state index contributed by atoms with van der Waals surface area (Å²) in [7, 11) is 0. The van der Waals surface area contributed by atoms with E-state index in [4.69, 9.17) is 5.73 Å². The number of rotatable bonds is 2. The number of aromatic hydroxyl groups is 1. The first-order valence-electron chi connectivity index (χ1n) is 4.27. The van der Waals surface area contributed by atoms with Gasteiger partial charge in [0, 0.05) is 11.8 Å². The molecule has 6 heteroatoms. The lowest BCUT2D eigenvalue weighted by Crippen LogP contribution is -1.96. The molecule has 0 saturated carbocycles. The molecule has 0 saturated heterocycles. The number of phenolic OH excluding ortho intramolecular Hbond substituents is 1. The minimum Gasteiger partial charge on any atom is -0.507 e. The number of nitrogen functional groups attached to an aromatic ring is 1. The summed E-state index contributed by atoms with van der Waals surface area (Å²) in [6, 6.07) is 6.94. The molecule has 6 nitrogen and oxygen atoms in total. The molecule has 76 valence electrons. The molecule has 2 aromatic rings. The number of nitrogens with zero attached hydrogens (tertiary/aromatic N) is 4. The molecule has 0 amide bonds. The highest BCUT2D eigenvalue weighted by atomic mass is 16.3. The number of hydrogen-bond acceptors (Lipinski definition) is 5. The third-order valence-corrected chi connectivity index (χ3v) is 1.85. The molecular formula is C9H9N5O. The number of benzene rings is 1. The molecule has 15 heavy (non-hydrogen) atoms. The first kappa shape index (κ1) is 9.20. The number of hydrogen-bond donors (Lipinski definition) is 2. The van der Waals surface area contributed by atoms with Gasteiger partial charge in [0.05, 0.1) is 0 Å². The van der Waals surface area contributed by atoms with E-state index in [1.807, 2.05) is 6.07 Å². The van der Waals surface area contributed by atoms with Crippen LogP contribution < -0.4 is 5.73 Å². The Morgan fingerprint density at radius 1 is 1.33 bits per heavy atom. The fraction of sp³-hybridized carbons (Fsp3) is 0.